The number of halogens is 2. The number of nitrogens with one attached hydrogen (secondary N) is 1. The van der Waals surface area contributed by atoms with Crippen LogP contribution in [0.2, 0.25) is 0 Å². The molecule has 1 N–H and O–H groups in total. The SMILES string of the molecule is CC(CNC(=O)N1CCOC(c2ccc(F)c(F)c2)C1)c1ccsc1. The first-order chi connectivity index (χ1) is 12.0. The molecule has 1 aliphatic heterocycles. The molecule has 2 aromatic rings. The number of thiophene rings is 1. The number of hydrogen-bond donors (Lipinski definition) is 1. The molecule has 0 saturated carbocycles. The molecule has 2 unspecified atom stereocenters. The van der Waals surface area contributed by atoms with E-state index in [0.29, 0.717) is 31.8 Å². The fourth-order valence-corrected chi connectivity index (χ4v) is 3.56. The van der Waals surface area contributed by atoms with Crippen LogP contribution < -0.4 is 5.32 Å². The zero-order valence-electron chi connectivity index (χ0n) is 13.9. The second-order valence-electron chi connectivity index (χ2n) is 6.12. The monoisotopic (exact) mass is 366 g/mol. The molecule has 2 atom stereocenters. The van der Waals surface area contributed by atoms with Gasteiger partial charge in [0.05, 0.1) is 13.2 Å². The summed E-state index contributed by atoms with van der Waals surface area (Å²) in [6, 6.07) is 5.58. The summed E-state index contributed by atoms with van der Waals surface area (Å²) >= 11 is 1.63. The first kappa shape index (κ1) is 17.8. The highest BCUT2D eigenvalue weighted by molar-refractivity contribution is 7.07. The number of urea groups is 1. The summed E-state index contributed by atoms with van der Waals surface area (Å²) in [5.41, 5.74) is 1.73. The Hall–Kier alpha value is -1.99. The number of amides is 2. The Labute approximate surface area is 149 Å². The molecule has 1 aromatic heterocycles. The van der Waals surface area contributed by atoms with E-state index in [1.54, 1.807) is 16.2 Å². The summed E-state index contributed by atoms with van der Waals surface area (Å²) in [6.45, 7) is 3.74. The summed E-state index contributed by atoms with van der Waals surface area (Å²) in [4.78, 5) is 14.0. The Balaban J connectivity index is 1.57. The Morgan fingerprint density at radius 3 is 2.96 bits per heavy atom. The van der Waals surface area contributed by atoms with Crippen LogP contribution in [-0.4, -0.2) is 37.2 Å². The fourth-order valence-electron chi connectivity index (χ4n) is 2.77. The molecule has 0 aliphatic carbocycles. The number of morpholine rings is 1. The van der Waals surface area contributed by atoms with Gasteiger partial charge in [0.25, 0.3) is 0 Å². The Kier molecular flexibility index (Phi) is 5.65. The van der Waals surface area contributed by atoms with E-state index in [2.05, 4.69) is 23.7 Å². The molecule has 1 aliphatic rings. The van der Waals surface area contributed by atoms with Crippen molar-refractivity contribution in [2.45, 2.75) is 18.9 Å². The van der Waals surface area contributed by atoms with Crippen molar-refractivity contribution in [1.29, 1.82) is 0 Å². The van der Waals surface area contributed by atoms with Crippen LogP contribution in [0, 0.1) is 11.6 Å². The van der Waals surface area contributed by atoms with Crippen molar-refractivity contribution < 1.29 is 18.3 Å². The van der Waals surface area contributed by atoms with E-state index < -0.39 is 17.7 Å². The zero-order chi connectivity index (χ0) is 17.8. The standard InChI is InChI=1S/C18H20F2N2O2S/c1-12(14-4-7-25-11-14)9-21-18(23)22-5-6-24-17(10-22)13-2-3-15(19)16(20)8-13/h2-4,7-8,11-12,17H,5-6,9-10H2,1H3,(H,21,23). The van der Waals surface area contributed by atoms with Crippen molar-refractivity contribution in [3.63, 3.8) is 0 Å². The van der Waals surface area contributed by atoms with Crippen LogP contribution in [0.25, 0.3) is 0 Å². The third-order valence-corrected chi connectivity index (χ3v) is 5.04. The third-order valence-electron chi connectivity index (χ3n) is 4.34. The van der Waals surface area contributed by atoms with E-state index in [1.165, 1.54) is 11.6 Å². The average molecular weight is 366 g/mol. The van der Waals surface area contributed by atoms with E-state index in [0.717, 1.165) is 12.1 Å². The van der Waals surface area contributed by atoms with Crippen LogP contribution in [0.3, 0.4) is 0 Å². The maximum absolute atomic E-state index is 13.4. The summed E-state index contributed by atoms with van der Waals surface area (Å²) in [6.07, 6.45) is -0.455. The topological polar surface area (TPSA) is 41.6 Å². The molecule has 0 spiro atoms. The molecule has 3 rings (SSSR count). The van der Waals surface area contributed by atoms with E-state index >= 15 is 0 Å². The van der Waals surface area contributed by atoms with E-state index in [4.69, 9.17) is 4.74 Å². The molecule has 1 aromatic carbocycles. The molecule has 2 amide bonds. The van der Waals surface area contributed by atoms with E-state index in [1.807, 2.05) is 5.38 Å². The van der Waals surface area contributed by atoms with Gasteiger partial charge in [-0.3, -0.25) is 0 Å². The number of rotatable bonds is 4. The van der Waals surface area contributed by atoms with Gasteiger partial charge in [-0.1, -0.05) is 13.0 Å². The summed E-state index contributed by atoms with van der Waals surface area (Å²) in [5.74, 6) is -1.57. The third kappa shape index (κ3) is 4.35. The Bertz CT molecular complexity index is 724. The highest BCUT2D eigenvalue weighted by Gasteiger charge is 2.26. The van der Waals surface area contributed by atoms with Crippen LogP contribution in [-0.2, 0) is 4.74 Å². The van der Waals surface area contributed by atoms with Crippen LogP contribution in [0.5, 0.6) is 0 Å². The zero-order valence-corrected chi connectivity index (χ0v) is 14.7. The van der Waals surface area contributed by atoms with E-state index in [-0.39, 0.29) is 11.9 Å². The molecule has 25 heavy (non-hydrogen) atoms. The molecule has 0 radical (unpaired) electrons. The van der Waals surface area contributed by atoms with Gasteiger partial charge in [-0.25, -0.2) is 13.6 Å². The molecular formula is C18H20F2N2O2S. The van der Waals surface area contributed by atoms with Crippen molar-refractivity contribution in [3.05, 3.63) is 57.8 Å². The van der Waals surface area contributed by atoms with Crippen molar-refractivity contribution >= 4 is 17.4 Å². The molecule has 2 heterocycles. The number of hydrogen-bond acceptors (Lipinski definition) is 3. The Morgan fingerprint density at radius 1 is 1.40 bits per heavy atom. The van der Waals surface area contributed by atoms with Gasteiger partial charge >= 0.3 is 6.03 Å². The minimum atomic E-state index is -0.910. The first-order valence-corrected chi connectivity index (χ1v) is 9.10. The van der Waals surface area contributed by atoms with Gasteiger partial charge in [0.15, 0.2) is 11.6 Å². The van der Waals surface area contributed by atoms with Gasteiger partial charge in [0, 0.05) is 13.1 Å². The van der Waals surface area contributed by atoms with Crippen LogP contribution in [0.1, 0.15) is 30.1 Å². The minimum Gasteiger partial charge on any atom is -0.370 e. The predicted octanol–water partition coefficient (Wildman–Crippen LogP) is 3.91. The fraction of sp³-hybridized carbons (Fsp3) is 0.389. The summed E-state index contributed by atoms with van der Waals surface area (Å²) in [7, 11) is 0. The molecule has 7 heteroatoms. The number of ether oxygens (including phenoxy) is 1. The highest BCUT2D eigenvalue weighted by Crippen LogP contribution is 2.24. The van der Waals surface area contributed by atoms with Gasteiger partial charge in [0.2, 0.25) is 0 Å². The quantitative estimate of drug-likeness (QED) is 0.891. The second kappa shape index (κ2) is 7.93. The summed E-state index contributed by atoms with van der Waals surface area (Å²) < 4.78 is 32.1. The van der Waals surface area contributed by atoms with Crippen LogP contribution in [0.15, 0.2) is 35.0 Å². The molecule has 0 bridgehead atoms. The number of benzene rings is 1. The first-order valence-electron chi connectivity index (χ1n) is 8.16. The lowest BCUT2D eigenvalue weighted by atomic mass is 10.1. The summed E-state index contributed by atoms with van der Waals surface area (Å²) in [5, 5.41) is 7.02. The minimum absolute atomic E-state index is 0.169. The molecule has 4 nitrogen and oxygen atoms in total. The van der Waals surface area contributed by atoms with Crippen molar-refractivity contribution in [1.82, 2.24) is 10.2 Å². The van der Waals surface area contributed by atoms with Crippen molar-refractivity contribution in [2.24, 2.45) is 0 Å². The van der Waals surface area contributed by atoms with Gasteiger partial charge in [-0.2, -0.15) is 11.3 Å². The number of nitrogens with zero attached hydrogens (tertiary/aromatic N) is 1. The predicted molar refractivity (Wildman–Crippen MR) is 92.8 cm³/mol. The van der Waals surface area contributed by atoms with Gasteiger partial charge in [0.1, 0.15) is 6.10 Å². The van der Waals surface area contributed by atoms with Crippen LogP contribution >= 0.6 is 11.3 Å². The van der Waals surface area contributed by atoms with E-state index in [9.17, 15) is 13.6 Å². The lowest BCUT2D eigenvalue weighted by Gasteiger charge is -2.33. The normalized spacial score (nSPS) is 18.8. The molecular weight excluding hydrogens is 346 g/mol. The van der Waals surface area contributed by atoms with Gasteiger partial charge < -0.3 is 15.0 Å². The molecule has 1 saturated heterocycles. The van der Waals surface area contributed by atoms with Crippen molar-refractivity contribution in [2.75, 3.05) is 26.2 Å². The highest BCUT2D eigenvalue weighted by atomic mass is 32.1. The maximum atomic E-state index is 13.4. The second-order valence-corrected chi connectivity index (χ2v) is 6.90. The lowest BCUT2D eigenvalue weighted by Crippen LogP contribution is -2.47. The molecule has 1 fully saturated rings. The largest absolute Gasteiger partial charge is 0.370 e. The average Bonchev–Trinajstić information content (AvgIpc) is 3.16. The molecule has 134 valence electrons. The number of carbonyl (C=O) groups excluding carboxylic acids is 1. The van der Waals surface area contributed by atoms with Crippen LogP contribution in [0.4, 0.5) is 13.6 Å². The lowest BCUT2D eigenvalue weighted by molar-refractivity contribution is -0.0156. The van der Waals surface area contributed by atoms with Gasteiger partial charge in [-0.15, -0.1) is 0 Å². The van der Waals surface area contributed by atoms with Gasteiger partial charge in [-0.05, 0) is 46.0 Å². The van der Waals surface area contributed by atoms with Crippen molar-refractivity contribution in [3.8, 4) is 0 Å². The maximum Gasteiger partial charge on any atom is 0.317 e. The smallest absolute Gasteiger partial charge is 0.317 e. The number of carbonyl (C=O) groups is 1. The Morgan fingerprint density at radius 2 is 2.24 bits per heavy atom.